The number of rotatable bonds is 5. The first-order valence-corrected chi connectivity index (χ1v) is 7.79. The van der Waals surface area contributed by atoms with Gasteiger partial charge in [-0.3, -0.25) is 4.99 Å². The van der Waals surface area contributed by atoms with Crippen molar-refractivity contribution in [2.24, 2.45) is 4.99 Å². The van der Waals surface area contributed by atoms with Crippen molar-refractivity contribution < 1.29 is 14.3 Å². The van der Waals surface area contributed by atoms with E-state index in [9.17, 15) is 4.79 Å². The van der Waals surface area contributed by atoms with Gasteiger partial charge >= 0.3 is 5.97 Å². The summed E-state index contributed by atoms with van der Waals surface area (Å²) in [5.74, 6) is 0.361. The largest absolute Gasteiger partial charge is 0.489 e. The van der Waals surface area contributed by atoms with Crippen molar-refractivity contribution in [3.05, 3.63) is 65.2 Å². The van der Waals surface area contributed by atoms with E-state index >= 15 is 0 Å². The van der Waals surface area contributed by atoms with E-state index in [0.29, 0.717) is 25.5 Å². The highest BCUT2D eigenvalue weighted by molar-refractivity contribution is 6.43. The van der Waals surface area contributed by atoms with Crippen LogP contribution in [0.4, 0.5) is 0 Å². The van der Waals surface area contributed by atoms with Crippen LogP contribution in [0.25, 0.3) is 0 Å². The number of fused-ring (bicyclic) bond motifs is 1. The Balaban J connectivity index is 1.79. The Morgan fingerprint density at radius 1 is 1.17 bits per heavy atom. The molecule has 0 saturated heterocycles. The van der Waals surface area contributed by atoms with Crippen molar-refractivity contribution in [3.8, 4) is 5.75 Å². The van der Waals surface area contributed by atoms with Crippen LogP contribution in [0.2, 0.25) is 0 Å². The van der Waals surface area contributed by atoms with E-state index in [1.165, 1.54) is 0 Å². The van der Waals surface area contributed by atoms with Crippen LogP contribution in [-0.2, 0) is 22.6 Å². The number of aliphatic imine (C=N–C) groups is 1. The minimum absolute atomic E-state index is 0.345. The fourth-order valence-corrected chi connectivity index (χ4v) is 2.57. The van der Waals surface area contributed by atoms with Gasteiger partial charge in [-0.05, 0) is 36.6 Å². The predicted octanol–water partition coefficient (Wildman–Crippen LogP) is 3.17. The van der Waals surface area contributed by atoms with Crippen LogP contribution in [0, 0.1) is 0 Å². The first kappa shape index (κ1) is 15.3. The van der Waals surface area contributed by atoms with Gasteiger partial charge in [-0.1, -0.05) is 36.4 Å². The molecular formula is C19H19NO3. The van der Waals surface area contributed by atoms with Crippen LogP contribution in [0.3, 0.4) is 0 Å². The molecule has 0 amide bonds. The van der Waals surface area contributed by atoms with E-state index in [0.717, 1.165) is 28.9 Å². The number of benzene rings is 2. The highest BCUT2D eigenvalue weighted by atomic mass is 16.5. The van der Waals surface area contributed by atoms with Gasteiger partial charge in [0.15, 0.2) is 5.71 Å². The van der Waals surface area contributed by atoms with E-state index in [2.05, 4.69) is 4.99 Å². The molecule has 0 radical (unpaired) electrons. The number of nitrogens with zero attached hydrogens (tertiary/aromatic N) is 1. The maximum absolute atomic E-state index is 12.1. The second-order valence-electron chi connectivity index (χ2n) is 5.29. The molecule has 0 N–H and O–H groups in total. The van der Waals surface area contributed by atoms with Crippen molar-refractivity contribution in [2.45, 2.75) is 20.0 Å². The highest BCUT2D eigenvalue weighted by Crippen LogP contribution is 2.23. The Morgan fingerprint density at radius 2 is 2.00 bits per heavy atom. The smallest absolute Gasteiger partial charge is 0.357 e. The van der Waals surface area contributed by atoms with Gasteiger partial charge in [0.1, 0.15) is 12.4 Å². The summed E-state index contributed by atoms with van der Waals surface area (Å²) < 4.78 is 10.9. The van der Waals surface area contributed by atoms with E-state index in [1.54, 1.807) is 6.92 Å². The summed E-state index contributed by atoms with van der Waals surface area (Å²) >= 11 is 0. The average molecular weight is 309 g/mol. The van der Waals surface area contributed by atoms with Gasteiger partial charge < -0.3 is 9.47 Å². The fourth-order valence-electron chi connectivity index (χ4n) is 2.57. The van der Waals surface area contributed by atoms with Crippen molar-refractivity contribution in [1.82, 2.24) is 0 Å². The van der Waals surface area contributed by atoms with Crippen LogP contribution >= 0.6 is 0 Å². The molecule has 118 valence electrons. The Bertz CT molecular complexity index is 723. The molecule has 0 unspecified atom stereocenters. The molecule has 0 atom stereocenters. The van der Waals surface area contributed by atoms with Crippen LogP contribution in [-0.4, -0.2) is 24.8 Å². The number of ether oxygens (including phenoxy) is 2. The molecule has 0 saturated carbocycles. The molecule has 1 heterocycles. The quantitative estimate of drug-likeness (QED) is 0.797. The Morgan fingerprint density at radius 3 is 2.78 bits per heavy atom. The van der Waals surface area contributed by atoms with Crippen LogP contribution < -0.4 is 4.74 Å². The van der Waals surface area contributed by atoms with Crippen LogP contribution in [0.1, 0.15) is 23.6 Å². The third kappa shape index (κ3) is 3.59. The van der Waals surface area contributed by atoms with Crippen LogP contribution in [0.15, 0.2) is 53.5 Å². The second-order valence-corrected chi connectivity index (χ2v) is 5.29. The minimum atomic E-state index is -0.367. The molecule has 0 aromatic heterocycles. The standard InChI is InChI=1S/C19H19NO3/c1-2-22-19(21)18-17-12-16(9-8-15(17)10-11-20-18)23-13-14-6-4-3-5-7-14/h3-9,12H,2,10-11,13H2,1H3. The lowest BCUT2D eigenvalue weighted by Crippen LogP contribution is -2.24. The first-order chi connectivity index (χ1) is 11.3. The molecule has 1 aliphatic rings. The third-order valence-corrected chi connectivity index (χ3v) is 3.70. The molecule has 2 aromatic carbocycles. The first-order valence-electron chi connectivity index (χ1n) is 7.79. The van der Waals surface area contributed by atoms with Gasteiger partial charge in [-0.25, -0.2) is 4.79 Å². The zero-order chi connectivity index (χ0) is 16.1. The van der Waals surface area contributed by atoms with Gasteiger partial charge in [0.2, 0.25) is 0 Å². The summed E-state index contributed by atoms with van der Waals surface area (Å²) in [5, 5.41) is 0. The van der Waals surface area contributed by atoms with Gasteiger partial charge in [-0.2, -0.15) is 0 Å². The lowest BCUT2D eigenvalue weighted by Gasteiger charge is -2.17. The van der Waals surface area contributed by atoms with Crippen molar-refractivity contribution in [3.63, 3.8) is 0 Å². The average Bonchev–Trinajstić information content (AvgIpc) is 2.60. The molecule has 0 spiro atoms. The summed E-state index contributed by atoms with van der Waals surface area (Å²) in [5.41, 5.74) is 3.43. The predicted molar refractivity (Wildman–Crippen MR) is 89.0 cm³/mol. The maximum Gasteiger partial charge on any atom is 0.357 e. The van der Waals surface area contributed by atoms with Gasteiger partial charge in [0.25, 0.3) is 0 Å². The topological polar surface area (TPSA) is 47.9 Å². The fraction of sp³-hybridized carbons (Fsp3) is 0.263. The van der Waals surface area contributed by atoms with Gasteiger partial charge in [-0.15, -0.1) is 0 Å². The number of hydrogen-bond acceptors (Lipinski definition) is 4. The number of esters is 1. The Hall–Kier alpha value is -2.62. The molecule has 0 aliphatic carbocycles. The van der Waals surface area contributed by atoms with E-state index < -0.39 is 0 Å². The Kier molecular flexibility index (Phi) is 4.71. The SMILES string of the molecule is CCOC(=O)C1=NCCc2ccc(OCc3ccccc3)cc21. The molecule has 4 heteroatoms. The van der Waals surface area contributed by atoms with E-state index in [4.69, 9.17) is 9.47 Å². The lowest BCUT2D eigenvalue weighted by atomic mass is 9.97. The zero-order valence-electron chi connectivity index (χ0n) is 13.1. The lowest BCUT2D eigenvalue weighted by molar-refractivity contribution is -0.134. The van der Waals surface area contributed by atoms with E-state index in [-0.39, 0.29) is 5.97 Å². The third-order valence-electron chi connectivity index (χ3n) is 3.70. The summed E-state index contributed by atoms with van der Waals surface area (Å²) in [6.07, 6.45) is 0.831. The highest BCUT2D eigenvalue weighted by Gasteiger charge is 2.22. The number of carbonyl (C=O) groups excluding carboxylic acids is 1. The molecule has 1 aliphatic heterocycles. The minimum Gasteiger partial charge on any atom is -0.489 e. The second kappa shape index (κ2) is 7.09. The van der Waals surface area contributed by atoms with Crippen molar-refractivity contribution >= 4 is 11.7 Å². The Labute approximate surface area is 135 Å². The number of hydrogen-bond donors (Lipinski definition) is 0. The molecular weight excluding hydrogens is 290 g/mol. The summed E-state index contributed by atoms with van der Waals surface area (Å²) in [6.45, 7) is 3.25. The van der Waals surface area contributed by atoms with E-state index in [1.807, 2.05) is 48.5 Å². The van der Waals surface area contributed by atoms with Crippen LogP contribution in [0.5, 0.6) is 5.75 Å². The number of carbonyl (C=O) groups is 1. The maximum atomic E-state index is 12.1. The van der Waals surface area contributed by atoms with Gasteiger partial charge in [0, 0.05) is 12.1 Å². The monoisotopic (exact) mass is 309 g/mol. The summed E-state index contributed by atoms with van der Waals surface area (Å²) in [7, 11) is 0. The zero-order valence-corrected chi connectivity index (χ0v) is 13.1. The van der Waals surface area contributed by atoms with Crippen molar-refractivity contribution in [1.29, 1.82) is 0 Å². The molecule has 0 bridgehead atoms. The molecule has 4 nitrogen and oxygen atoms in total. The molecule has 2 aromatic rings. The van der Waals surface area contributed by atoms with Crippen molar-refractivity contribution in [2.75, 3.05) is 13.2 Å². The summed E-state index contributed by atoms with van der Waals surface area (Å²) in [6, 6.07) is 15.8. The normalized spacial score (nSPS) is 13.0. The molecule has 3 rings (SSSR count). The molecule has 23 heavy (non-hydrogen) atoms. The summed E-state index contributed by atoms with van der Waals surface area (Å²) in [4.78, 5) is 16.4. The van der Waals surface area contributed by atoms with Gasteiger partial charge in [0.05, 0.1) is 6.61 Å². The molecule has 0 fully saturated rings.